The Labute approximate surface area is 264 Å². The maximum atomic E-state index is 12.1. The summed E-state index contributed by atoms with van der Waals surface area (Å²) in [5.74, 6) is -0.483. The molecule has 2 saturated heterocycles. The maximum Gasteiger partial charge on any atom is 0.325 e. The van der Waals surface area contributed by atoms with E-state index in [4.69, 9.17) is 14.2 Å². The number of carbonyl (C=O) groups is 2. The lowest BCUT2D eigenvalue weighted by atomic mass is 9.98. The van der Waals surface area contributed by atoms with Crippen LogP contribution in [0, 0.1) is 0 Å². The monoisotopic (exact) mass is 617 g/mol. The van der Waals surface area contributed by atoms with Crippen LogP contribution in [0.25, 0.3) is 11.1 Å². The third-order valence-corrected chi connectivity index (χ3v) is 8.33. The number of urea groups is 1. The van der Waals surface area contributed by atoms with Gasteiger partial charge in [0.2, 0.25) is 0 Å². The zero-order valence-electron chi connectivity index (χ0n) is 25.7. The van der Waals surface area contributed by atoms with Crippen molar-refractivity contribution in [3.05, 3.63) is 95.1 Å². The number of benzene rings is 3. The lowest BCUT2D eigenvalue weighted by Crippen LogP contribution is -2.42. The minimum atomic E-state index is -0.589. The zero-order chi connectivity index (χ0) is 31.6. The number of esters is 1. The van der Waals surface area contributed by atoms with E-state index in [0.29, 0.717) is 13.0 Å². The Balaban J connectivity index is 1.30. The van der Waals surface area contributed by atoms with Gasteiger partial charge in [0.15, 0.2) is 6.29 Å². The van der Waals surface area contributed by atoms with Crippen LogP contribution in [-0.4, -0.2) is 72.1 Å². The quantitative estimate of drug-likeness (QED) is 0.223. The SMILES string of the molecule is CCOC(=O)CNC(=O)NCc1cccc(-c2cccc([C@H]3O[C@@H](CN4CCC[C@H]4CO)C[C@@H](c4ccc(CO)cc4)O3)c2)c1. The number of aliphatic hydroxyl groups is 2. The van der Waals surface area contributed by atoms with Crippen molar-refractivity contribution < 1.29 is 34.0 Å². The second-order valence-electron chi connectivity index (χ2n) is 11.5. The molecule has 0 radical (unpaired) electrons. The summed E-state index contributed by atoms with van der Waals surface area (Å²) in [5, 5.41) is 24.7. The molecular formula is C35H43N3O7. The number of likely N-dealkylation sites (tertiary alicyclic amines) is 1. The summed E-state index contributed by atoms with van der Waals surface area (Å²) in [5.41, 5.74) is 5.66. The molecule has 0 spiro atoms. The van der Waals surface area contributed by atoms with E-state index in [1.807, 2.05) is 66.7 Å². The summed E-state index contributed by atoms with van der Waals surface area (Å²) in [4.78, 5) is 26.0. The minimum absolute atomic E-state index is 0.00951. The summed E-state index contributed by atoms with van der Waals surface area (Å²) in [7, 11) is 0. The standard InChI is InChI=1S/C35H43N3O7/c1-2-43-33(41)20-37-35(42)36-19-25-6-3-7-27(16-25)28-8-4-9-29(17-28)34-44-31(21-38-15-5-10-30(38)23-40)18-32(45-34)26-13-11-24(22-39)12-14-26/h3-4,6-9,11-14,16-17,30-32,34,39-40H,2,5,10,15,18-23H2,1H3,(H2,36,37,42)/t30-,31+,32-,34-/m0/s1. The average molecular weight is 618 g/mol. The number of nitrogens with zero attached hydrogens (tertiary/aromatic N) is 1. The number of ether oxygens (including phenoxy) is 3. The molecule has 3 aromatic carbocycles. The first-order valence-electron chi connectivity index (χ1n) is 15.7. The van der Waals surface area contributed by atoms with Gasteiger partial charge < -0.3 is 35.1 Å². The average Bonchev–Trinajstić information content (AvgIpc) is 3.53. The molecule has 4 N–H and O–H groups in total. The number of nitrogens with one attached hydrogen (secondary N) is 2. The van der Waals surface area contributed by atoms with Crippen molar-refractivity contribution in [2.45, 2.75) is 63.9 Å². The predicted molar refractivity (Wildman–Crippen MR) is 169 cm³/mol. The van der Waals surface area contributed by atoms with Gasteiger partial charge in [-0.05, 0) is 66.3 Å². The Kier molecular flexibility index (Phi) is 11.6. The molecule has 45 heavy (non-hydrogen) atoms. The molecule has 2 heterocycles. The number of carbonyl (C=O) groups excluding carboxylic acids is 2. The molecule has 240 valence electrons. The van der Waals surface area contributed by atoms with Crippen LogP contribution in [0.3, 0.4) is 0 Å². The van der Waals surface area contributed by atoms with Crippen molar-refractivity contribution in [1.29, 1.82) is 0 Å². The van der Waals surface area contributed by atoms with E-state index in [2.05, 4.69) is 21.6 Å². The van der Waals surface area contributed by atoms with Crippen LogP contribution < -0.4 is 10.6 Å². The minimum Gasteiger partial charge on any atom is -0.465 e. The first kappa shape index (κ1) is 32.6. The van der Waals surface area contributed by atoms with Crippen LogP contribution in [0.4, 0.5) is 4.79 Å². The Morgan fingerprint density at radius 1 is 0.933 bits per heavy atom. The second kappa shape index (κ2) is 16.0. The van der Waals surface area contributed by atoms with E-state index in [1.54, 1.807) is 6.92 Å². The fourth-order valence-electron chi connectivity index (χ4n) is 5.97. The molecule has 0 bridgehead atoms. The Morgan fingerprint density at radius 3 is 2.47 bits per heavy atom. The highest BCUT2D eigenvalue weighted by Crippen LogP contribution is 2.39. The normalized spacial score (nSPS) is 21.8. The molecule has 2 fully saturated rings. The van der Waals surface area contributed by atoms with Crippen molar-refractivity contribution >= 4 is 12.0 Å². The second-order valence-corrected chi connectivity index (χ2v) is 11.5. The molecule has 5 rings (SSSR count). The smallest absolute Gasteiger partial charge is 0.325 e. The third kappa shape index (κ3) is 8.90. The van der Waals surface area contributed by atoms with Gasteiger partial charge in [-0.1, -0.05) is 60.7 Å². The first-order chi connectivity index (χ1) is 21.9. The third-order valence-electron chi connectivity index (χ3n) is 8.33. The molecule has 3 aromatic rings. The van der Waals surface area contributed by atoms with Crippen LogP contribution in [0.2, 0.25) is 0 Å². The van der Waals surface area contributed by atoms with Gasteiger partial charge in [0, 0.05) is 31.1 Å². The van der Waals surface area contributed by atoms with Gasteiger partial charge in [0.25, 0.3) is 0 Å². The van der Waals surface area contributed by atoms with Crippen LogP contribution in [-0.2, 0) is 32.2 Å². The summed E-state index contributed by atoms with van der Waals surface area (Å²) in [6.07, 6.45) is 1.87. The van der Waals surface area contributed by atoms with Crippen molar-refractivity contribution in [3.8, 4) is 11.1 Å². The van der Waals surface area contributed by atoms with Crippen molar-refractivity contribution in [2.24, 2.45) is 0 Å². The van der Waals surface area contributed by atoms with Gasteiger partial charge in [0.05, 0.1) is 32.0 Å². The van der Waals surface area contributed by atoms with Gasteiger partial charge in [-0.3, -0.25) is 9.69 Å². The number of hydrogen-bond donors (Lipinski definition) is 4. The summed E-state index contributed by atoms with van der Waals surface area (Å²) in [6.45, 7) is 3.89. The predicted octanol–water partition coefficient (Wildman–Crippen LogP) is 4.21. The van der Waals surface area contributed by atoms with Crippen LogP contribution in [0.5, 0.6) is 0 Å². The van der Waals surface area contributed by atoms with Crippen molar-refractivity contribution in [3.63, 3.8) is 0 Å². The maximum absolute atomic E-state index is 12.1. The Bertz CT molecular complexity index is 1420. The molecule has 4 atom stereocenters. The van der Waals surface area contributed by atoms with E-state index < -0.39 is 18.3 Å². The van der Waals surface area contributed by atoms with E-state index in [0.717, 1.165) is 59.3 Å². The molecule has 0 unspecified atom stereocenters. The molecular weight excluding hydrogens is 574 g/mol. The summed E-state index contributed by atoms with van der Waals surface area (Å²) in [6, 6.07) is 23.6. The lowest BCUT2D eigenvalue weighted by Gasteiger charge is -2.38. The van der Waals surface area contributed by atoms with Crippen LogP contribution in [0.1, 0.15) is 60.8 Å². The molecule has 0 aliphatic carbocycles. The Morgan fingerprint density at radius 2 is 1.71 bits per heavy atom. The molecule has 10 heteroatoms. The van der Waals surface area contributed by atoms with E-state index >= 15 is 0 Å². The fraction of sp³-hybridized carbons (Fsp3) is 0.429. The molecule has 2 aliphatic heterocycles. The van der Waals surface area contributed by atoms with Gasteiger partial charge in [-0.15, -0.1) is 0 Å². The molecule has 0 saturated carbocycles. The number of rotatable bonds is 12. The van der Waals surface area contributed by atoms with E-state index in [1.165, 1.54) is 0 Å². The topological polar surface area (TPSA) is 130 Å². The molecule has 10 nitrogen and oxygen atoms in total. The number of amides is 2. The van der Waals surface area contributed by atoms with E-state index in [-0.39, 0.29) is 44.6 Å². The first-order valence-corrected chi connectivity index (χ1v) is 15.7. The highest BCUT2D eigenvalue weighted by molar-refractivity contribution is 5.80. The van der Waals surface area contributed by atoms with Crippen molar-refractivity contribution in [1.82, 2.24) is 15.5 Å². The van der Waals surface area contributed by atoms with Crippen LogP contribution in [0.15, 0.2) is 72.8 Å². The number of hydrogen-bond acceptors (Lipinski definition) is 8. The van der Waals surface area contributed by atoms with Gasteiger partial charge in [-0.25, -0.2) is 4.79 Å². The Hall–Kier alpha value is -3.80. The highest BCUT2D eigenvalue weighted by atomic mass is 16.7. The lowest BCUT2D eigenvalue weighted by molar-refractivity contribution is -0.253. The molecule has 2 amide bonds. The number of aliphatic hydroxyl groups excluding tert-OH is 2. The van der Waals surface area contributed by atoms with Gasteiger partial charge in [0.1, 0.15) is 6.54 Å². The van der Waals surface area contributed by atoms with Crippen molar-refractivity contribution in [2.75, 3.05) is 32.8 Å². The largest absolute Gasteiger partial charge is 0.465 e. The summed E-state index contributed by atoms with van der Waals surface area (Å²) >= 11 is 0. The fourth-order valence-corrected chi connectivity index (χ4v) is 5.97. The van der Waals surface area contributed by atoms with E-state index in [9.17, 15) is 19.8 Å². The van der Waals surface area contributed by atoms with Gasteiger partial charge >= 0.3 is 12.0 Å². The summed E-state index contributed by atoms with van der Waals surface area (Å²) < 4.78 is 18.0. The van der Waals surface area contributed by atoms with Crippen LogP contribution >= 0.6 is 0 Å². The van der Waals surface area contributed by atoms with Gasteiger partial charge in [-0.2, -0.15) is 0 Å². The zero-order valence-corrected chi connectivity index (χ0v) is 25.7. The molecule has 0 aromatic heterocycles. The molecule has 2 aliphatic rings. The highest BCUT2D eigenvalue weighted by Gasteiger charge is 2.35.